The molecule has 0 fully saturated rings. The van der Waals surface area contributed by atoms with Gasteiger partial charge in [0.15, 0.2) is 11.6 Å². The second-order valence-corrected chi connectivity index (χ2v) is 10.8. The Morgan fingerprint density at radius 3 is 2.33 bits per heavy atom. The highest BCUT2D eigenvalue weighted by Gasteiger charge is 2.22. The van der Waals surface area contributed by atoms with Crippen LogP contribution in [0.2, 0.25) is 5.02 Å². The second kappa shape index (κ2) is 14.3. The predicted octanol–water partition coefficient (Wildman–Crippen LogP) is 8.20. The van der Waals surface area contributed by atoms with E-state index >= 15 is 0 Å². The van der Waals surface area contributed by atoms with Gasteiger partial charge < -0.3 is 4.90 Å². The summed E-state index contributed by atoms with van der Waals surface area (Å²) in [5.74, 6) is -0.502. The number of carbonyl (C=O) groups excluding carboxylic acids is 2. The lowest BCUT2D eigenvalue weighted by Gasteiger charge is -2.22. The van der Waals surface area contributed by atoms with Crippen LogP contribution in [0.5, 0.6) is 0 Å². The molecule has 3 nitrogen and oxygen atoms in total. The molecule has 1 unspecified atom stereocenters. The number of hydrogen-bond acceptors (Lipinski definition) is 4. The second-order valence-electron chi connectivity index (χ2n) is 9.27. The Kier molecular flexibility index (Phi) is 11.1. The Morgan fingerprint density at radius 2 is 1.62 bits per heavy atom. The average molecular weight is 577 g/mol. The van der Waals surface area contributed by atoms with E-state index in [0.29, 0.717) is 5.57 Å². The van der Waals surface area contributed by atoms with Gasteiger partial charge in [-0.15, -0.1) is 19.0 Å². The summed E-state index contributed by atoms with van der Waals surface area (Å²) in [7, 11) is 4.21. The number of ketones is 2. The Hall–Kier alpha value is -3.15. The van der Waals surface area contributed by atoms with Crippen LogP contribution in [0.15, 0.2) is 125 Å². The molecule has 1 atom stereocenters. The summed E-state index contributed by atoms with van der Waals surface area (Å²) < 4.78 is 0. The predicted molar refractivity (Wildman–Crippen MR) is 166 cm³/mol. The van der Waals surface area contributed by atoms with Gasteiger partial charge in [-0.1, -0.05) is 84.0 Å². The molecule has 5 rings (SSSR count). The van der Waals surface area contributed by atoms with Crippen molar-refractivity contribution in [2.75, 3.05) is 20.6 Å². The topological polar surface area (TPSA) is 37.4 Å². The summed E-state index contributed by atoms with van der Waals surface area (Å²) in [5.41, 5.74) is 5.33. The lowest BCUT2D eigenvalue weighted by Crippen LogP contribution is -2.13. The fourth-order valence-electron chi connectivity index (χ4n) is 4.40. The van der Waals surface area contributed by atoms with Crippen LogP contribution in [-0.4, -0.2) is 37.1 Å². The molecule has 0 aromatic heterocycles. The molecule has 0 saturated carbocycles. The van der Waals surface area contributed by atoms with Crippen LogP contribution in [0.1, 0.15) is 29.0 Å². The van der Waals surface area contributed by atoms with Crippen LogP contribution >= 0.6 is 35.8 Å². The zero-order valence-corrected chi connectivity index (χ0v) is 24.4. The van der Waals surface area contributed by atoms with E-state index in [0.717, 1.165) is 23.6 Å². The molecule has 0 saturated heterocycles. The molecule has 3 aromatic carbocycles. The average Bonchev–Trinajstić information content (AvgIpc) is 2.92. The third kappa shape index (κ3) is 7.71. The number of hydrogen-bond donors (Lipinski definition) is 0. The monoisotopic (exact) mass is 575 g/mol. The van der Waals surface area contributed by atoms with Gasteiger partial charge in [0.05, 0.1) is 0 Å². The zero-order valence-electron chi connectivity index (χ0n) is 22.0. The van der Waals surface area contributed by atoms with Gasteiger partial charge in [0, 0.05) is 32.8 Å². The quantitative estimate of drug-likeness (QED) is 0.171. The highest BCUT2D eigenvalue weighted by Crippen LogP contribution is 2.46. The molecule has 2 aliphatic rings. The summed E-state index contributed by atoms with van der Waals surface area (Å²) in [6.45, 7) is 4.79. The molecule has 200 valence electrons. The van der Waals surface area contributed by atoms with E-state index in [1.807, 2.05) is 48.2 Å². The maximum absolute atomic E-state index is 11.8. The van der Waals surface area contributed by atoms with Gasteiger partial charge in [-0.05, 0) is 85.3 Å². The van der Waals surface area contributed by atoms with Crippen molar-refractivity contribution in [1.29, 1.82) is 0 Å². The number of nitrogens with zero attached hydrogens (tertiary/aromatic N) is 1. The Bertz CT molecular complexity index is 1440. The summed E-state index contributed by atoms with van der Waals surface area (Å²) in [5, 5.41) is 0.798. The van der Waals surface area contributed by atoms with Gasteiger partial charge in [0.1, 0.15) is 0 Å². The van der Waals surface area contributed by atoms with E-state index in [1.54, 1.807) is 6.08 Å². The number of carbonyl (C=O) groups is 2. The van der Waals surface area contributed by atoms with Gasteiger partial charge in [0.2, 0.25) is 0 Å². The van der Waals surface area contributed by atoms with E-state index in [2.05, 4.69) is 68.0 Å². The summed E-state index contributed by atoms with van der Waals surface area (Å²) >= 11 is 8.03. The van der Waals surface area contributed by atoms with Gasteiger partial charge in [-0.25, -0.2) is 0 Å². The molecule has 0 N–H and O–H groups in total. The zero-order chi connectivity index (χ0) is 27.1. The van der Waals surface area contributed by atoms with Gasteiger partial charge in [-0.2, -0.15) is 0 Å². The van der Waals surface area contributed by atoms with Crippen LogP contribution in [0.3, 0.4) is 0 Å². The largest absolute Gasteiger partial charge is 0.309 e. The highest BCUT2D eigenvalue weighted by molar-refractivity contribution is 7.99. The first-order chi connectivity index (χ1) is 18.4. The van der Waals surface area contributed by atoms with Crippen molar-refractivity contribution in [3.63, 3.8) is 0 Å². The SMILES string of the molecule is C=CC(C1=CC(=O)C=CC1=O)c1ccccc1.CN(C)CCC=C1c2ccccc2Sc2ccc(Cl)cc21.Cl. The molecule has 39 heavy (non-hydrogen) atoms. The van der Waals surface area contributed by atoms with Crippen molar-refractivity contribution in [3.05, 3.63) is 137 Å². The summed E-state index contributed by atoms with van der Waals surface area (Å²) in [4.78, 5) is 27.9. The van der Waals surface area contributed by atoms with E-state index in [1.165, 1.54) is 44.7 Å². The van der Waals surface area contributed by atoms with Crippen molar-refractivity contribution in [2.24, 2.45) is 0 Å². The standard InChI is InChI=1S/C18H18ClNS.C15H12O2.ClH/c1-20(2)11-5-7-14-15-6-3-4-8-17(15)21-18-10-9-13(19)12-16(14)18;1-2-13(11-6-4-3-5-7-11)14-10-12(16)8-9-15(14)17;/h3-4,6-10,12H,5,11H2,1-2H3;2-10,13H,1H2;1H. The minimum atomic E-state index is -0.224. The normalized spacial score (nSPS) is 15.4. The third-order valence-corrected chi connectivity index (χ3v) is 7.65. The van der Waals surface area contributed by atoms with Crippen LogP contribution in [0.4, 0.5) is 0 Å². The summed E-state index contributed by atoms with van der Waals surface area (Å²) in [6.07, 6.45) is 9.06. The molecule has 0 radical (unpaired) electrons. The highest BCUT2D eigenvalue weighted by atomic mass is 35.5. The molecule has 3 aromatic rings. The molecule has 6 heteroatoms. The number of allylic oxidation sites excluding steroid dienone is 5. The van der Waals surface area contributed by atoms with Gasteiger partial charge in [0.25, 0.3) is 0 Å². The molecule has 0 spiro atoms. The van der Waals surface area contributed by atoms with E-state index in [4.69, 9.17) is 11.6 Å². The molecule has 1 aliphatic heterocycles. The first kappa shape index (κ1) is 30.4. The Labute approximate surface area is 246 Å². The number of rotatable bonds is 6. The first-order valence-corrected chi connectivity index (χ1v) is 13.6. The van der Waals surface area contributed by atoms with Crippen molar-refractivity contribution in [2.45, 2.75) is 22.1 Å². The number of benzene rings is 3. The van der Waals surface area contributed by atoms with Crippen molar-refractivity contribution < 1.29 is 9.59 Å². The van der Waals surface area contributed by atoms with Gasteiger partial charge in [-0.3, -0.25) is 9.59 Å². The molecular formula is C33H31Cl2NO2S. The molecule has 1 heterocycles. The molecule has 1 aliphatic carbocycles. The van der Waals surface area contributed by atoms with E-state index in [9.17, 15) is 9.59 Å². The van der Waals surface area contributed by atoms with Crippen LogP contribution in [-0.2, 0) is 9.59 Å². The lowest BCUT2D eigenvalue weighted by molar-refractivity contribution is -0.114. The third-order valence-electron chi connectivity index (χ3n) is 6.26. The summed E-state index contributed by atoms with van der Waals surface area (Å²) in [6, 6.07) is 24.3. The Balaban J connectivity index is 0.000000215. The first-order valence-electron chi connectivity index (χ1n) is 12.4. The maximum atomic E-state index is 11.8. The minimum absolute atomic E-state index is 0. The smallest absolute Gasteiger partial charge is 0.183 e. The lowest BCUT2D eigenvalue weighted by atomic mass is 9.86. The van der Waals surface area contributed by atoms with Crippen LogP contribution < -0.4 is 0 Å². The van der Waals surface area contributed by atoms with Crippen molar-refractivity contribution in [1.82, 2.24) is 4.90 Å². The number of halogens is 2. The molecule has 0 amide bonds. The maximum Gasteiger partial charge on any atom is 0.183 e. The van der Waals surface area contributed by atoms with E-state index in [-0.39, 0.29) is 29.9 Å². The van der Waals surface area contributed by atoms with Crippen molar-refractivity contribution >= 4 is 52.9 Å². The Morgan fingerprint density at radius 1 is 0.923 bits per heavy atom. The van der Waals surface area contributed by atoms with Crippen molar-refractivity contribution in [3.8, 4) is 0 Å². The fraction of sp³-hybridized carbons (Fsp3) is 0.152. The number of fused-ring (bicyclic) bond motifs is 2. The van der Waals surface area contributed by atoms with Crippen LogP contribution in [0, 0.1) is 0 Å². The minimum Gasteiger partial charge on any atom is -0.309 e. The fourth-order valence-corrected chi connectivity index (χ4v) is 5.66. The van der Waals surface area contributed by atoms with E-state index < -0.39 is 0 Å². The molecule has 0 bridgehead atoms. The molecular weight excluding hydrogens is 545 g/mol. The van der Waals surface area contributed by atoms with Gasteiger partial charge >= 0.3 is 0 Å². The van der Waals surface area contributed by atoms with Crippen LogP contribution in [0.25, 0.3) is 5.57 Å².